The molecular formula is C15H13N3O3S. The zero-order valence-electron chi connectivity index (χ0n) is 11.7. The van der Waals surface area contributed by atoms with Crippen LogP contribution < -0.4 is 0 Å². The Morgan fingerprint density at radius 3 is 2.64 bits per heavy atom. The summed E-state index contributed by atoms with van der Waals surface area (Å²) in [4.78, 5) is 4.36. The van der Waals surface area contributed by atoms with Crippen LogP contribution >= 0.6 is 0 Å². The van der Waals surface area contributed by atoms with E-state index in [4.69, 9.17) is 5.21 Å². The molecule has 0 saturated heterocycles. The van der Waals surface area contributed by atoms with E-state index in [0.29, 0.717) is 16.6 Å². The normalized spacial score (nSPS) is 12.2. The van der Waals surface area contributed by atoms with E-state index >= 15 is 0 Å². The van der Waals surface area contributed by atoms with Crippen molar-refractivity contribution in [2.45, 2.75) is 11.8 Å². The van der Waals surface area contributed by atoms with Crippen molar-refractivity contribution in [1.29, 1.82) is 0 Å². The summed E-state index contributed by atoms with van der Waals surface area (Å²) < 4.78 is 26.5. The van der Waals surface area contributed by atoms with Crippen LogP contribution in [-0.2, 0) is 10.0 Å². The van der Waals surface area contributed by atoms with Crippen LogP contribution in [0.4, 0.5) is 0 Å². The third-order valence-electron chi connectivity index (χ3n) is 3.30. The van der Waals surface area contributed by atoms with Crippen molar-refractivity contribution in [2.75, 3.05) is 0 Å². The van der Waals surface area contributed by atoms with Crippen molar-refractivity contribution >= 4 is 27.3 Å². The first-order valence-corrected chi connectivity index (χ1v) is 7.93. The predicted octanol–water partition coefficient (Wildman–Crippen LogP) is 2.39. The second-order valence-electron chi connectivity index (χ2n) is 4.86. The van der Waals surface area contributed by atoms with Gasteiger partial charge in [-0.3, -0.25) is 0 Å². The second kappa shape index (κ2) is 5.27. The van der Waals surface area contributed by atoms with Gasteiger partial charge in [-0.2, -0.15) is 0 Å². The van der Waals surface area contributed by atoms with Gasteiger partial charge in [0.1, 0.15) is 0 Å². The average molecular weight is 315 g/mol. The maximum absolute atomic E-state index is 12.7. The molecule has 0 fully saturated rings. The second-order valence-corrected chi connectivity index (χ2v) is 6.67. The third-order valence-corrected chi connectivity index (χ3v) is 4.98. The standard InChI is InChI=1S/C15H13N3O3S/c1-11-2-4-14(5-3-11)22(20,21)18-7-6-13-8-12(10-17-19)9-16-15(13)18/h2-10,19H,1H3/b17-10+. The maximum Gasteiger partial charge on any atom is 0.269 e. The van der Waals surface area contributed by atoms with Crippen LogP contribution in [0.2, 0.25) is 0 Å². The number of hydrogen-bond donors (Lipinski definition) is 1. The number of benzene rings is 1. The zero-order valence-corrected chi connectivity index (χ0v) is 12.5. The molecule has 0 spiro atoms. The largest absolute Gasteiger partial charge is 0.411 e. The molecule has 3 rings (SSSR count). The molecule has 0 unspecified atom stereocenters. The van der Waals surface area contributed by atoms with Crippen LogP contribution in [0.25, 0.3) is 11.0 Å². The minimum absolute atomic E-state index is 0.207. The van der Waals surface area contributed by atoms with Crippen molar-refractivity contribution in [1.82, 2.24) is 8.96 Å². The molecule has 0 radical (unpaired) electrons. The van der Waals surface area contributed by atoms with Gasteiger partial charge >= 0.3 is 0 Å². The molecule has 22 heavy (non-hydrogen) atoms. The van der Waals surface area contributed by atoms with Gasteiger partial charge < -0.3 is 5.21 Å². The van der Waals surface area contributed by atoms with Crippen LogP contribution in [0.1, 0.15) is 11.1 Å². The van der Waals surface area contributed by atoms with E-state index < -0.39 is 10.0 Å². The van der Waals surface area contributed by atoms with Crippen molar-refractivity contribution in [2.24, 2.45) is 5.16 Å². The summed E-state index contributed by atoms with van der Waals surface area (Å²) in [6.07, 6.45) is 4.15. The Hall–Kier alpha value is -2.67. The Bertz CT molecular complexity index is 957. The maximum atomic E-state index is 12.7. The highest BCUT2D eigenvalue weighted by Gasteiger charge is 2.19. The van der Waals surface area contributed by atoms with Crippen LogP contribution in [0, 0.1) is 6.92 Å². The molecule has 0 atom stereocenters. The predicted molar refractivity (Wildman–Crippen MR) is 82.9 cm³/mol. The van der Waals surface area contributed by atoms with Gasteiger partial charge in [-0.15, -0.1) is 0 Å². The molecule has 1 N–H and O–H groups in total. The summed E-state index contributed by atoms with van der Waals surface area (Å²) in [5.74, 6) is 0. The van der Waals surface area contributed by atoms with E-state index in [1.807, 2.05) is 6.92 Å². The van der Waals surface area contributed by atoms with Gasteiger partial charge in [-0.1, -0.05) is 22.9 Å². The minimum Gasteiger partial charge on any atom is -0.411 e. The lowest BCUT2D eigenvalue weighted by Crippen LogP contribution is -2.12. The number of aromatic nitrogens is 2. The monoisotopic (exact) mass is 315 g/mol. The van der Waals surface area contributed by atoms with E-state index in [9.17, 15) is 8.42 Å². The lowest BCUT2D eigenvalue weighted by atomic mass is 10.2. The van der Waals surface area contributed by atoms with Gasteiger partial charge in [0.2, 0.25) is 0 Å². The summed E-state index contributed by atoms with van der Waals surface area (Å²) >= 11 is 0. The molecule has 2 heterocycles. The van der Waals surface area contributed by atoms with E-state index in [1.165, 1.54) is 18.6 Å². The molecule has 0 bridgehead atoms. The molecule has 0 aliphatic carbocycles. The molecule has 0 aliphatic heterocycles. The number of oxime groups is 1. The molecule has 0 saturated carbocycles. The molecule has 112 valence electrons. The Morgan fingerprint density at radius 2 is 1.95 bits per heavy atom. The lowest BCUT2D eigenvalue weighted by Gasteiger charge is -2.07. The topological polar surface area (TPSA) is 84.5 Å². The summed E-state index contributed by atoms with van der Waals surface area (Å²) in [6.45, 7) is 1.90. The fourth-order valence-corrected chi connectivity index (χ4v) is 3.48. The fraction of sp³-hybridized carbons (Fsp3) is 0.0667. The molecule has 2 aromatic heterocycles. The van der Waals surface area contributed by atoms with E-state index in [-0.39, 0.29) is 4.90 Å². The van der Waals surface area contributed by atoms with Gasteiger partial charge in [0.25, 0.3) is 10.0 Å². The summed E-state index contributed by atoms with van der Waals surface area (Å²) in [6, 6.07) is 10.0. The highest BCUT2D eigenvalue weighted by Crippen LogP contribution is 2.21. The van der Waals surface area contributed by atoms with E-state index in [0.717, 1.165) is 9.54 Å². The molecule has 1 aromatic carbocycles. The van der Waals surface area contributed by atoms with E-state index in [1.54, 1.807) is 36.4 Å². The van der Waals surface area contributed by atoms with Gasteiger partial charge in [0, 0.05) is 23.3 Å². The summed E-state index contributed by atoms with van der Waals surface area (Å²) in [5, 5.41) is 12.1. The van der Waals surface area contributed by atoms with Gasteiger partial charge in [-0.05, 0) is 31.2 Å². The Morgan fingerprint density at radius 1 is 1.23 bits per heavy atom. The number of hydrogen-bond acceptors (Lipinski definition) is 5. The third kappa shape index (κ3) is 2.35. The average Bonchev–Trinajstić information content (AvgIpc) is 2.92. The summed E-state index contributed by atoms with van der Waals surface area (Å²) in [7, 11) is -3.69. The SMILES string of the molecule is Cc1ccc(S(=O)(=O)n2ccc3cc(/C=N/O)cnc32)cc1. The molecule has 0 aliphatic rings. The number of fused-ring (bicyclic) bond motifs is 1. The van der Waals surface area contributed by atoms with Crippen LogP contribution in [0.5, 0.6) is 0 Å². The quantitative estimate of drug-likeness (QED) is 0.457. The number of nitrogens with zero attached hydrogens (tertiary/aromatic N) is 3. The first-order valence-electron chi connectivity index (χ1n) is 6.49. The molecule has 7 heteroatoms. The smallest absolute Gasteiger partial charge is 0.269 e. The van der Waals surface area contributed by atoms with E-state index in [2.05, 4.69) is 10.1 Å². The lowest BCUT2D eigenvalue weighted by molar-refractivity contribution is 0.322. The molecule has 6 nitrogen and oxygen atoms in total. The van der Waals surface area contributed by atoms with Crippen molar-refractivity contribution in [3.8, 4) is 0 Å². The van der Waals surface area contributed by atoms with Gasteiger partial charge in [0.05, 0.1) is 11.1 Å². The fourth-order valence-electron chi connectivity index (χ4n) is 2.17. The number of pyridine rings is 1. The first-order chi connectivity index (χ1) is 10.5. The van der Waals surface area contributed by atoms with Crippen molar-refractivity contribution in [3.05, 3.63) is 59.9 Å². The van der Waals surface area contributed by atoms with Gasteiger partial charge in [0.15, 0.2) is 5.65 Å². The first kappa shape index (κ1) is 14.3. The minimum atomic E-state index is -3.69. The number of rotatable bonds is 3. The van der Waals surface area contributed by atoms with Gasteiger partial charge in [-0.25, -0.2) is 17.4 Å². The molecule has 0 amide bonds. The number of aryl methyl sites for hydroxylation is 1. The Labute approximate surface area is 127 Å². The van der Waals surface area contributed by atoms with Crippen molar-refractivity contribution < 1.29 is 13.6 Å². The van der Waals surface area contributed by atoms with Crippen molar-refractivity contribution in [3.63, 3.8) is 0 Å². The van der Waals surface area contributed by atoms with Crippen LogP contribution in [0.3, 0.4) is 0 Å². The summed E-state index contributed by atoms with van der Waals surface area (Å²) in [5.41, 5.74) is 1.90. The Balaban J connectivity index is 2.15. The highest BCUT2D eigenvalue weighted by molar-refractivity contribution is 7.90. The Kier molecular flexibility index (Phi) is 3.42. The zero-order chi connectivity index (χ0) is 15.7. The highest BCUT2D eigenvalue weighted by atomic mass is 32.2. The molecular weight excluding hydrogens is 302 g/mol. The van der Waals surface area contributed by atoms with Crippen LogP contribution in [0.15, 0.2) is 58.8 Å². The van der Waals surface area contributed by atoms with Crippen LogP contribution in [-0.4, -0.2) is 28.8 Å². The molecule has 3 aromatic rings.